The Morgan fingerprint density at radius 1 is 1.52 bits per heavy atom. The first-order valence-corrected chi connectivity index (χ1v) is 7.85. The van der Waals surface area contributed by atoms with Crippen molar-refractivity contribution < 1.29 is 4.79 Å². The number of anilines is 1. The number of aliphatic imine (C=N–C) groups is 1. The van der Waals surface area contributed by atoms with Crippen LogP contribution in [0.25, 0.3) is 0 Å². The number of hydrogen-bond donors (Lipinski definition) is 2. The van der Waals surface area contributed by atoms with Crippen molar-refractivity contribution in [1.29, 1.82) is 0 Å². The number of halogens is 1. The molecule has 1 amide bonds. The Bertz CT molecular complexity index is 555. The number of nitrogens with one attached hydrogen (secondary N) is 1. The lowest BCUT2D eigenvalue weighted by atomic mass is 10.2. The smallest absolute Gasteiger partial charge is 0.226 e. The third-order valence-electron chi connectivity index (χ3n) is 3.54. The Morgan fingerprint density at radius 2 is 2.24 bits per heavy atom. The molecule has 1 aromatic rings. The molecule has 0 atom stereocenters. The molecule has 1 fully saturated rings. The molecule has 2 rings (SSSR count). The molecule has 0 heterocycles. The quantitative estimate of drug-likeness (QED) is 0.631. The summed E-state index contributed by atoms with van der Waals surface area (Å²) in [6, 6.07) is 6.34. The van der Waals surface area contributed by atoms with Gasteiger partial charge in [-0.15, -0.1) is 0 Å². The predicted octanol–water partition coefficient (Wildman–Crippen LogP) is 2.50. The van der Waals surface area contributed by atoms with Gasteiger partial charge in [-0.25, -0.2) is 0 Å². The lowest BCUT2D eigenvalue weighted by Gasteiger charge is -2.16. The summed E-state index contributed by atoms with van der Waals surface area (Å²) in [6.07, 6.45) is 2.68. The highest BCUT2D eigenvalue weighted by Crippen LogP contribution is 2.24. The molecule has 0 saturated heterocycles. The summed E-state index contributed by atoms with van der Waals surface area (Å²) in [7, 11) is 1.95. The van der Waals surface area contributed by atoms with Gasteiger partial charge in [0.2, 0.25) is 5.91 Å². The van der Waals surface area contributed by atoms with Gasteiger partial charge >= 0.3 is 0 Å². The largest absolute Gasteiger partial charge is 0.370 e. The molecule has 1 aliphatic carbocycles. The van der Waals surface area contributed by atoms with Gasteiger partial charge in [-0.05, 0) is 37.5 Å². The highest BCUT2D eigenvalue weighted by Gasteiger charge is 2.27. The van der Waals surface area contributed by atoms with Gasteiger partial charge in [-0.1, -0.05) is 22.0 Å². The van der Waals surface area contributed by atoms with Crippen molar-refractivity contribution in [3.8, 4) is 0 Å². The maximum atomic E-state index is 11.9. The van der Waals surface area contributed by atoms with Crippen LogP contribution in [0.5, 0.6) is 0 Å². The molecule has 1 aliphatic rings. The average Bonchev–Trinajstić information content (AvgIpc) is 3.26. The van der Waals surface area contributed by atoms with E-state index in [1.807, 2.05) is 37.1 Å². The molecule has 21 heavy (non-hydrogen) atoms. The van der Waals surface area contributed by atoms with Crippen LogP contribution in [0.4, 0.5) is 5.69 Å². The zero-order valence-corrected chi connectivity index (χ0v) is 14.0. The van der Waals surface area contributed by atoms with Crippen LogP contribution in [-0.2, 0) is 4.79 Å². The van der Waals surface area contributed by atoms with Gasteiger partial charge in [0.25, 0.3) is 0 Å². The Kier molecular flexibility index (Phi) is 5.22. The molecular formula is C15H21BrN4O. The van der Waals surface area contributed by atoms with Gasteiger partial charge in [0.1, 0.15) is 0 Å². The van der Waals surface area contributed by atoms with Crippen LogP contribution < -0.4 is 11.1 Å². The number of guanidine groups is 1. The highest BCUT2D eigenvalue weighted by molar-refractivity contribution is 9.10. The van der Waals surface area contributed by atoms with E-state index in [1.54, 1.807) is 0 Å². The summed E-state index contributed by atoms with van der Waals surface area (Å²) < 4.78 is 0.941. The molecular weight excluding hydrogens is 332 g/mol. The van der Waals surface area contributed by atoms with Gasteiger partial charge < -0.3 is 16.0 Å². The minimum Gasteiger partial charge on any atom is -0.370 e. The third-order valence-corrected chi connectivity index (χ3v) is 4.04. The minimum absolute atomic E-state index is 0.0539. The zero-order valence-electron chi connectivity index (χ0n) is 12.4. The Balaban J connectivity index is 1.82. The van der Waals surface area contributed by atoms with Gasteiger partial charge in [0, 0.05) is 29.7 Å². The molecule has 0 aromatic heterocycles. The molecule has 0 bridgehead atoms. The van der Waals surface area contributed by atoms with Crippen LogP contribution >= 0.6 is 15.9 Å². The second-order valence-electron chi connectivity index (χ2n) is 5.34. The molecule has 0 spiro atoms. The summed E-state index contributed by atoms with van der Waals surface area (Å²) in [5.41, 5.74) is 7.73. The maximum Gasteiger partial charge on any atom is 0.226 e. The Hall–Kier alpha value is -1.56. The van der Waals surface area contributed by atoms with E-state index in [-0.39, 0.29) is 5.91 Å². The van der Waals surface area contributed by atoms with Gasteiger partial charge in [-0.3, -0.25) is 9.79 Å². The second kappa shape index (κ2) is 6.93. The summed E-state index contributed by atoms with van der Waals surface area (Å²) in [5.74, 6) is 0.464. The van der Waals surface area contributed by atoms with E-state index in [2.05, 4.69) is 26.2 Å². The first-order valence-electron chi connectivity index (χ1n) is 7.06. The number of aryl methyl sites for hydroxylation is 1. The molecule has 0 radical (unpaired) electrons. The van der Waals surface area contributed by atoms with Crippen LogP contribution in [0.15, 0.2) is 27.7 Å². The van der Waals surface area contributed by atoms with Crippen molar-refractivity contribution in [2.45, 2.75) is 32.2 Å². The normalized spacial score (nSPS) is 14.9. The number of carbonyl (C=O) groups excluding carboxylic acids is 1. The Morgan fingerprint density at radius 3 is 2.90 bits per heavy atom. The molecule has 5 nitrogen and oxygen atoms in total. The fourth-order valence-electron chi connectivity index (χ4n) is 1.97. The van der Waals surface area contributed by atoms with E-state index < -0.39 is 0 Å². The summed E-state index contributed by atoms with van der Waals surface area (Å²) in [4.78, 5) is 18.2. The highest BCUT2D eigenvalue weighted by atomic mass is 79.9. The maximum absolute atomic E-state index is 11.9. The number of rotatable bonds is 5. The monoisotopic (exact) mass is 352 g/mol. The van der Waals surface area contributed by atoms with E-state index in [9.17, 15) is 4.79 Å². The van der Waals surface area contributed by atoms with Gasteiger partial charge in [0.15, 0.2) is 5.96 Å². The number of benzene rings is 1. The third kappa shape index (κ3) is 4.74. The standard InChI is InChI=1S/C15H21BrN4O/c1-10-3-4-11(16)9-13(10)19-14(21)7-8-18-15(17)20(2)12-5-6-12/h3-4,9,12H,5-8H2,1-2H3,(H2,17,18)(H,19,21). The molecule has 0 unspecified atom stereocenters. The van der Waals surface area contributed by atoms with Crippen LogP contribution in [-0.4, -0.2) is 36.4 Å². The van der Waals surface area contributed by atoms with E-state index in [0.717, 1.165) is 15.7 Å². The van der Waals surface area contributed by atoms with Crippen molar-refractivity contribution in [3.63, 3.8) is 0 Å². The zero-order chi connectivity index (χ0) is 15.4. The lowest BCUT2D eigenvalue weighted by molar-refractivity contribution is -0.116. The van der Waals surface area contributed by atoms with E-state index in [4.69, 9.17) is 5.73 Å². The topological polar surface area (TPSA) is 70.7 Å². The predicted molar refractivity (Wildman–Crippen MR) is 89.4 cm³/mol. The number of nitrogens with two attached hydrogens (primary N) is 1. The van der Waals surface area contributed by atoms with Crippen LogP contribution in [0, 0.1) is 6.92 Å². The summed E-state index contributed by atoms with van der Waals surface area (Å²) in [6.45, 7) is 2.37. The fraction of sp³-hybridized carbons (Fsp3) is 0.467. The molecule has 3 N–H and O–H groups in total. The SMILES string of the molecule is Cc1ccc(Br)cc1NC(=O)CCN=C(N)N(C)C1CC1. The number of amides is 1. The molecule has 1 aromatic carbocycles. The first kappa shape index (κ1) is 15.8. The van der Waals surface area contributed by atoms with E-state index in [1.165, 1.54) is 12.8 Å². The summed E-state index contributed by atoms with van der Waals surface area (Å²) >= 11 is 3.40. The van der Waals surface area contributed by atoms with Crippen molar-refractivity contribution in [2.75, 3.05) is 18.9 Å². The van der Waals surface area contributed by atoms with Crippen molar-refractivity contribution >= 4 is 33.5 Å². The molecule has 0 aliphatic heterocycles. The molecule has 1 saturated carbocycles. The van der Waals surface area contributed by atoms with Gasteiger partial charge in [0.05, 0.1) is 6.54 Å². The second-order valence-corrected chi connectivity index (χ2v) is 6.26. The van der Waals surface area contributed by atoms with Crippen molar-refractivity contribution in [3.05, 3.63) is 28.2 Å². The van der Waals surface area contributed by atoms with Crippen LogP contribution in [0.2, 0.25) is 0 Å². The number of carbonyl (C=O) groups is 1. The minimum atomic E-state index is -0.0539. The number of nitrogens with zero attached hydrogens (tertiary/aromatic N) is 2. The summed E-state index contributed by atoms with van der Waals surface area (Å²) in [5, 5.41) is 2.90. The molecule has 6 heteroatoms. The van der Waals surface area contributed by atoms with Crippen molar-refractivity contribution in [2.24, 2.45) is 10.7 Å². The van der Waals surface area contributed by atoms with Crippen LogP contribution in [0.1, 0.15) is 24.8 Å². The average molecular weight is 353 g/mol. The fourth-order valence-corrected chi connectivity index (χ4v) is 2.34. The first-order chi connectivity index (χ1) is 9.97. The number of hydrogen-bond acceptors (Lipinski definition) is 2. The van der Waals surface area contributed by atoms with Crippen LogP contribution in [0.3, 0.4) is 0 Å². The molecule has 114 valence electrons. The van der Waals surface area contributed by atoms with Gasteiger partial charge in [-0.2, -0.15) is 0 Å². The van der Waals surface area contributed by atoms with E-state index >= 15 is 0 Å². The lowest BCUT2D eigenvalue weighted by Crippen LogP contribution is -2.35. The van der Waals surface area contributed by atoms with Crippen molar-refractivity contribution in [1.82, 2.24) is 4.90 Å². The Labute approximate surface area is 133 Å². The van der Waals surface area contributed by atoms with E-state index in [0.29, 0.717) is 25.0 Å².